The zero-order valence-electron chi connectivity index (χ0n) is 12.6. The molecule has 0 unspecified atom stereocenters. The second-order valence-corrected chi connectivity index (χ2v) is 5.55. The molecule has 0 aromatic carbocycles. The quantitative estimate of drug-likeness (QED) is 0.620. The van der Waals surface area contributed by atoms with Gasteiger partial charge in [0.25, 0.3) is 0 Å². The average Bonchev–Trinajstić information content (AvgIpc) is 2.92. The summed E-state index contributed by atoms with van der Waals surface area (Å²) in [6.45, 7) is 1.64. The third-order valence-corrected chi connectivity index (χ3v) is 3.98. The lowest BCUT2D eigenvalue weighted by molar-refractivity contribution is -0.143. The fourth-order valence-electron chi connectivity index (χ4n) is 2.75. The maximum Gasteiger partial charge on any atom is 0.239 e. The van der Waals surface area contributed by atoms with E-state index in [0.29, 0.717) is 19.7 Å². The van der Waals surface area contributed by atoms with Crippen molar-refractivity contribution in [1.29, 1.82) is 0 Å². The van der Waals surface area contributed by atoms with Gasteiger partial charge in [0.15, 0.2) is 0 Å². The van der Waals surface area contributed by atoms with Crippen LogP contribution in [-0.4, -0.2) is 57.1 Å². The van der Waals surface area contributed by atoms with E-state index in [1.165, 1.54) is 4.90 Å². The lowest BCUT2D eigenvalue weighted by Crippen LogP contribution is -2.48. The molecule has 0 radical (unpaired) electrons. The van der Waals surface area contributed by atoms with Crippen LogP contribution in [0.1, 0.15) is 32.1 Å². The highest BCUT2D eigenvalue weighted by Gasteiger charge is 2.41. The van der Waals surface area contributed by atoms with E-state index in [-0.39, 0.29) is 18.4 Å². The summed E-state index contributed by atoms with van der Waals surface area (Å²) < 4.78 is 4.91. The van der Waals surface area contributed by atoms with E-state index in [1.54, 1.807) is 14.2 Å². The van der Waals surface area contributed by atoms with E-state index >= 15 is 0 Å². The van der Waals surface area contributed by atoms with Crippen LogP contribution in [0.25, 0.3) is 0 Å². The number of rotatable bonds is 8. The molecule has 0 bridgehead atoms. The van der Waals surface area contributed by atoms with E-state index in [2.05, 4.69) is 5.32 Å². The van der Waals surface area contributed by atoms with Crippen molar-refractivity contribution in [3.05, 3.63) is 0 Å². The van der Waals surface area contributed by atoms with Crippen LogP contribution < -0.4 is 11.1 Å². The molecule has 1 aliphatic rings. The van der Waals surface area contributed by atoms with Crippen molar-refractivity contribution in [2.75, 3.05) is 40.4 Å². The van der Waals surface area contributed by atoms with Gasteiger partial charge in [-0.05, 0) is 19.3 Å². The molecule has 6 nitrogen and oxygen atoms in total. The van der Waals surface area contributed by atoms with Crippen LogP contribution in [0, 0.1) is 5.41 Å². The Balaban J connectivity index is 2.39. The van der Waals surface area contributed by atoms with Gasteiger partial charge in [-0.25, -0.2) is 0 Å². The number of methoxy groups -OCH3 is 1. The van der Waals surface area contributed by atoms with Gasteiger partial charge in [0.05, 0.1) is 12.0 Å². The molecule has 1 fully saturated rings. The normalized spacial score (nSPS) is 16.9. The molecule has 0 aliphatic heterocycles. The lowest BCUT2D eigenvalue weighted by Gasteiger charge is -2.30. The molecule has 2 amide bonds. The topological polar surface area (TPSA) is 84.7 Å². The van der Waals surface area contributed by atoms with Crippen LogP contribution in [0.15, 0.2) is 0 Å². The highest BCUT2D eigenvalue weighted by atomic mass is 16.5. The summed E-state index contributed by atoms with van der Waals surface area (Å²) in [5.74, 6) is -0.133. The number of carbonyl (C=O) groups is 2. The zero-order valence-corrected chi connectivity index (χ0v) is 12.6. The Kier molecular flexibility index (Phi) is 6.95. The van der Waals surface area contributed by atoms with Crippen molar-refractivity contribution in [2.45, 2.75) is 32.1 Å². The predicted molar refractivity (Wildman–Crippen MR) is 77.1 cm³/mol. The van der Waals surface area contributed by atoms with Crippen LogP contribution in [-0.2, 0) is 14.3 Å². The standard InChI is InChI=1S/C14H27N3O3/c1-17(10-12(18)16-8-5-9-20-2)13(19)14(11-15)6-3-4-7-14/h3-11,15H2,1-2H3,(H,16,18). The van der Waals surface area contributed by atoms with E-state index in [0.717, 1.165) is 32.1 Å². The van der Waals surface area contributed by atoms with Crippen molar-refractivity contribution >= 4 is 11.8 Å². The minimum absolute atomic E-state index is 0.00421. The maximum absolute atomic E-state index is 12.5. The lowest BCUT2D eigenvalue weighted by atomic mass is 9.85. The summed E-state index contributed by atoms with van der Waals surface area (Å²) in [5.41, 5.74) is 5.35. The van der Waals surface area contributed by atoms with Crippen LogP contribution in [0.5, 0.6) is 0 Å². The summed E-state index contributed by atoms with van der Waals surface area (Å²) in [7, 11) is 3.30. The minimum atomic E-state index is -0.439. The molecular formula is C14H27N3O3. The molecule has 0 aromatic heterocycles. The molecule has 1 rings (SSSR count). The van der Waals surface area contributed by atoms with Gasteiger partial charge in [0.2, 0.25) is 11.8 Å². The van der Waals surface area contributed by atoms with Gasteiger partial charge < -0.3 is 20.7 Å². The Morgan fingerprint density at radius 2 is 2.00 bits per heavy atom. The van der Waals surface area contributed by atoms with E-state index in [4.69, 9.17) is 10.5 Å². The first-order chi connectivity index (χ1) is 9.55. The molecule has 0 spiro atoms. The molecule has 1 saturated carbocycles. The van der Waals surface area contributed by atoms with Crippen LogP contribution in [0.4, 0.5) is 0 Å². The van der Waals surface area contributed by atoms with Crippen molar-refractivity contribution in [1.82, 2.24) is 10.2 Å². The van der Waals surface area contributed by atoms with Crippen molar-refractivity contribution in [3.63, 3.8) is 0 Å². The summed E-state index contributed by atoms with van der Waals surface area (Å²) >= 11 is 0. The first kappa shape index (κ1) is 16.9. The number of nitrogens with two attached hydrogens (primary N) is 1. The van der Waals surface area contributed by atoms with Gasteiger partial charge in [0.1, 0.15) is 0 Å². The number of carbonyl (C=O) groups excluding carboxylic acids is 2. The molecule has 0 heterocycles. The highest BCUT2D eigenvalue weighted by molar-refractivity contribution is 5.88. The average molecular weight is 285 g/mol. The van der Waals surface area contributed by atoms with Gasteiger partial charge in [-0.15, -0.1) is 0 Å². The van der Waals surface area contributed by atoms with Gasteiger partial charge in [0, 0.05) is 33.9 Å². The fourth-order valence-corrected chi connectivity index (χ4v) is 2.75. The summed E-state index contributed by atoms with van der Waals surface area (Å²) in [6.07, 6.45) is 4.52. The van der Waals surface area contributed by atoms with E-state index < -0.39 is 5.41 Å². The van der Waals surface area contributed by atoms with E-state index in [1.807, 2.05) is 0 Å². The minimum Gasteiger partial charge on any atom is -0.385 e. The number of hydrogen-bond donors (Lipinski definition) is 2. The second kappa shape index (κ2) is 8.21. The molecule has 0 atom stereocenters. The fraction of sp³-hybridized carbons (Fsp3) is 0.857. The summed E-state index contributed by atoms with van der Waals surface area (Å²) in [6, 6.07) is 0. The van der Waals surface area contributed by atoms with Gasteiger partial charge in [-0.2, -0.15) is 0 Å². The third kappa shape index (κ3) is 4.45. The van der Waals surface area contributed by atoms with Crippen LogP contribution >= 0.6 is 0 Å². The van der Waals surface area contributed by atoms with Gasteiger partial charge >= 0.3 is 0 Å². The number of amides is 2. The maximum atomic E-state index is 12.5. The van der Waals surface area contributed by atoms with Crippen LogP contribution in [0.3, 0.4) is 0 Å². The Bertz CT molecular complexity index is 328. The zero-order chi connectivity index (χ0) is 15.0. The summed E-state index contributed by atoms with van der Waals surface area (Å²) in [4.78, 5) is 25.7. The first-order valence-corrected chi connectivity index (χ1v) is 7.27. The summed E-state index contributed by atoms with van der Waals surface area (Å²) in [5, 5.41) is 2.78. The second-order valence-electron chi connectivity index (χ2n) is 5.55. The first-order valence-electron chi connectivity index (χ1n) is 7.27. The third-order valence-electron chi connectivity index (χ3n) is 3.98. The number of ether oxygens (including phenoxy) is 1. The Hall–Kier alpha value is -1.14. The Morgan fingerprint density at radius 1 is 1.35 bits per heavy atom. The smallest absolute Gasteiger partial charge is 0.239 e. The largest absolute Gasteiger partial charge is 0.385 e. The predicted octanol–water partition coefficient (Wildman–Crippen LogP) is 0.117. The Morgan fingerprint density at radius 3 is 2.55 bits per heavy atom. The SMILES string of the molecule is COCCCNC(=O)CN(C)C(=O)C1(CN)CCCC1. The number of nitrogens with one attached hydrogen (secondary N) is 1. The van der Waals surface area contributed by atoms with Gasteiger partial charge in [-0.1, -0.05) is 12.8 Å². The highest BCUT2D eigenvalue weighted by Crippen LogP contribution is 2.38. The molecule has 3 N–H and O–H groups in total. The number of likely N-dealkylation sites (N-methyl/N-ethyl adjacent to an activating group) is 1. The van der Waals surface area contributed by atoms with Gasteiger partial charge in [-0.3, -0.25) is 9.59 Å². The monoisotopic (exact) mass is 285 g/mol. The van der Waals surface area contributed by atoms with E-state index in [9.17, 15) is 9.59 Å². The molecule has 0 saturated heterocycles. The van der Waals surface area contributed by atoms with Crippen molar-refractivity contribution in [2.24, 2.45) is 11.1 Å². The molecule has 116 valence electrons. The number of hydrogen-bond acceptors (Lipinski definition) is 4. The van der Waals surface area contributed by atoms with Crippen molar-refractivity contribution < 1.29 is 14.3 Å². The van der Waals surface area contributed by atoms with Crippen LogP contribution in [0.2, 0.25) is 0 Å². The number of nitrogens with zero attached hydrogens (tertiary/aromatic N) is 1. The molecule has 6 heteroatoms. The molecule has 0 aromatic rings. The van der Waals surface area contributed by atoms with Crippen molar-refractivity contribution in [3.8, 4) is 0 Å². The molecule has 20 heavy (non-hydrogen) atoms. The Labute approximate surface area is 121 Å². The molecular weight excluding hydrogens is 258 g/mol. The molecule has 1 aliphatic carbocycles.